The van der Waals surface area contributed by atoms with E-state index >= 15 is 0 Å². The Morgan fingerprint density at radius 2 is 2.08 bits per heavy atom. The molecule has 0 atom stereocenters. The van der Waals surface area contributed by atoms with Crippen molar-refractivity contribution in [3.63, 3.8) is 0 Å². The molecule has 2 aromatic carbocycles. The van der Waals surface area contributed by atoms with E-state index in [1.807, 2.05) is 6.07 Å². The molecule has 5 nitrogen and oxygen atoms in total. The number of anilines is 1. The summed E-state index contributed by atoms with van der Waals surface area (Å²) >= 11 is 5.59. The van der Waals surface area contributed by atoms with E-state index in [9.17, 15) is 9.18 Å². The van der Waals surface area contributed by atoms with Crippen LogP contribution in [-0.4, -0.2) is 19.6 Å². The van der Waals surface area contributed by atoms with Gasteiger partial charge in [-0.15, -0.1) is 0 Å². The van der Waals surface area contributed by atoms with Gasteiger partial charge in [-0.25, -0.2) is 4.39 Å². The van der Waals surface area contributed by atoms with E-state index in [1.165, 1.54) is 25.3 Å². The maximum Gasteiger partial charge on any atom is 0.224 e. The van der Waals surface area contributed by atoms with Crippen molar-refractivity contribution < 1.29 is 18.7 Å². The highest BCUT2D eigenvalue weighted by atomic mass is 35.5. The summed E-state index contributed by atoms with van der Waals surface area (Å²) in [5.74, 6) is 0.120. The number of carbonyl (C=O) groups is 1. The van der Waals surface area contributed by atoms with Crippen molar-refractivity contribution in [1.82, 2.24) is 0 Å². The quantitative estimate of drug-likeness (QED) is 0.751. The van der Waals surface area contributed by atoms with E-state index in [4.69, 9.17) is 26.3 Å². The number of amides is 1. The molecule has 0 bridgehead atoms. The molecule has 25 heavy (non-hydrogen) atoms. The highest BCUT2D eigenvalue weighted by Crippen LogP contribution is 2.28. The van der Waals surface area contributed by atoms with E-state index in [0.29, 0.717) is 35.8 Å². The number of nitrogens with one attached hydrogen (secondary N) is 1. The lowest BCUT2D eigenvalue weighted by atomic mass is 10.2. The highest BCUT2D eigenvalue weighted by molar-refractivity contribution is 6.30. The summed E-state index contributed by atoms with van der Waals surface area (Å²) in [6, 6.07) is 10.9. The number of ether oxygens (including phenoxy) is 2. The van der Waals surface area contributed by atoms with E-state index in [0.717, 1.165) is 0 Å². The third-order valence-electron chi connectivity index (χ3n) is 3.30. The standard InChI is InChI=1S/C18H16ClFN2O3/c1-24-17-9-12(11-21)4-7-16(17)25-8-2-3-18(23)22-13-5-6-14(19)15(20)10-13/h4-7,9-10H,2-3,8H2,1H3,(H,22,23). The molecule has 1 amide bonds. The topological polar surface area (TPSA) is 71.3 Å². The van der Waals surface area contributed by atoms with Gasteiger partial charge < -0.3 is 14.8 Å². The largest absolute Gasteiger partial charge is 0.493 e. The van der Waals surface area contributed by atoms with Crippen LogP contribution < -0.4 is 14.8 Å². The Morgan fingerprint density at radius 1 is 1.28 bits per heavy atom. The maximum atomic E-state index is 13.3. The van der Waals surface area contributed by atoms with Gasteiger partial charge in [0.1, 0.15) is 5.82 Å². The van der Waals surface area contributed by atoms with Crippen LogP contribution in [0.3, 0.4) is 0 Å². The molecule has 0 aromatic heterocycles. The van der Waals surface area contributed by atoms with Crippen LogP contribution in [0.4, 0.5) is 10.1 Å². The lowest BCUT2D eigenvalue weighted by Crippen LogP contribution is -2.13. The fraction of sp³-hybridized carbons (Fsp3) is 0.222. The van der Waals surface area contributed by atoms with Gasteiger partial charge in [0, 0.05) is 18.2 Å². The molecule has 130 valence electrons. The van der Waals surface area contributed by atoms with Crippen LogP contribution in [0.2, 0.25) is 5.02 Å². The lowest BCUT2D eigenvalue weighted by Gasteiger charge is -2.11. The maximum absolute atomic E-state index is 13.3. The Balaban J connectivity index is 1.80. The Morgan fingerprint density at radius 3 is 2.76 bits per heavy atom. The predicted octanol–water partition coefficient (Wildman–Crippen LogP) is 4.16. The van der Waals surface area contributed by atoms with Crippen molar-refractivity contribution in [2.45, 2.75) is 12.8 Å². The Kier molecular flexibility index (Phi) is 6.61. The van der Waals surface area contributed by atoms with Crippen molar-refractivity contribution >= 4 is 23.2 Å². The number of hydrogen-bond acceptors (Lipinski definition) is 4. The van der Waals surface area contributed by atoms with Crippen LogP contribution in [-0.2, 0) is 4.79 Å². The zero-order chi connectivity index (χ0) is 18.2. The molecule has 0 radical (unpaired) electrons. The third kappa shape index (κ3) is 5.37. The van der Waals surface area contributed by atoms with Crippen LogP contribution >= 0.6 is 11.6 Å². The summed E-state index contributed by atoms with van der Waals surface area (Å²) in [5.41, 5.74) is 0.820. The minimum Gasteiger partial charge on any atom is -0.493 e. The van der Waals surface area contributed by atoms with E-state index in [1.54, 1.807) is 18.2 Å². The fourth-order valence-electron chi connectivity index (χ4n) is 2.07. The second-order valence-corrected chi connectivity index (χ2v) is 5.51. The smallest absolute Gasteiger partial charge is 0.224 e. The van der Waals surface area contributed by atoms with Crippen LogP contribution in [0, 0.1) is 17.1 Å². The number of nitrogens with zero attached hydrogens (tertiary/aromatic N) is 1. The van der Waals surface area contributed by atoms with Crippen LogP contribution in [0.25, 0.3) is 0 Å². The summed E-state index contributed by atoms with van der Waals surface area (Å²) in [6.07, 6.45) is 0.675. The molecule has 0 saturated carbocycles. The molecule has 2 rings (SSSR count). The first-order valence-corrected chi connectivity index (χ1v) is 7.87. The molecule has 0 heterocycles. The molecule has 0 spiro atoms. The number of carbonyl (C=O) groups excluding carboxylic acids is 1. The summed E-state index contributed by atoms with van der Waals surface area (Å²) in [6.45, 7) is 0.296. The second-order valence-electron chi connectivity index (χ2n) is 5.11. The zero-order valence-electron chi connectivity index (χ0n) is 13.5. The van der Waals surface area contributed by atoms with Crippen LogP contribution in [0.1, 0.15) is 18.4 Å². The SMILES string of the molecule is COc1cc(C#N)ccc1OCCCC(=O)Nc1ccc(Cl)c(F)c1. The van der Waals surface area contributed by atoms with Gasteiger partial charge in [0.25, 0.3) is 0 Å². The van der Waals surface area contributed by atoms with Gasteiger partial charge in [-0.1, -0.05) is 11.6 Å². The number of methoxy groups -OCH3 is 1. The van der Waals surface area contributed by atoms with Gasteiger partial charge in [0.15, 0.2) is 11.5 Å². The molecule has 1 N–H and O–H groups in total. The number of hydrogen-bond donors (Lipinski definition) is 1. The summed E-state index contributed by atoms with van der Waals surface area (Å²) in [4.78, 5) is 11.8. The molecular formula is C18H16ClFN2O3. The minimum absolute atomic E-state index is 0.00256. The normalized spacial score (nSPS) is 10.0. The van der Waals surface area contributed by atoms with E-state index < -0.39 is 5.82 Å². The van der Waals surface area contributed by atoms with E-state index in [-0.39, 0.29) is 17.4 Å². The monoisotopic (exact) mass is 362 g/mol. The van der Waals surface area contributed by atoms with Gasteiger partial charge >= 0.3 is 0 Å². The Labute approximate surface area is 149 Å². The molecule has 0 aliphatic heterocycles. The van der Waals surface area contributed by atoms with E-state index in [2.05, 4.69) is 5.32 Å². The first-order valence-electron chi connectivity index (χ1n) is 7.49. The highest BCUT2D eigenvalue weighted by Gasteiger charge is 2.08. The summed E-state index contributed by atoms with van der Waals surface area (Å²) < 4.78 is 24.0. The average Bonchev–Trinajstić information content (AvgIpc) is 2.62. The van der Waals surface area contributed by atoms with Gasteiger partial charge in [-0.05, 0) is 36.8 Å². The van der Waals surface area contributed by atoms with Crippen molar-refractivity contribution in [2.75, 3.05) is 19.0 Å². The minimum atomic E-state index is -0.587. The summed E-state index contributed by atoms with van der Waals surface area (Å²) in [5, 5.41) is 11.5. The van der Waals surface area contributed by atoms with Gasteiger partial charge in [-0.2, -0.15) is 5.26 Å². The van der Waals surface area contributed by atoms with Gasteiger partial charge in [0.2, 0.25) is 5.91 Å². The molecule has 2 aromatic rings. The predicted molar refractivity (Wildman–Crippen MR) is 92.5 cm³/mol. The number of halogens is 2. The molecule has 0 saturated heterocycles. The number of rotatable bonds is 7. The first kappa shape index (κ1) is 18.6. The van der Waals surface area contributed by atoms with Crippen LogP contribution in [0.5, 0.6) is 11.5 Å². The molecule has 0 aliphatic carbocycles. The number of benzene rings is 2. The Hall–Kier alpha value is -2.78. The second kappa shape index (κ2) is 8.90. The van der Waals surface area contributed by atoms with Gasteiger partial charge in [0.05, 0.1) is 30.4 Å². The molecular weight excluding hydrogens is 347 g/mol. The fourth-order valence-corrected chi connectivity index (χ4v) is 2.19. The Bertz CT molecular complexity index is 805. The van der Waals surface area contributed by atoms with Crippen molar-refractivity contribution in [3.8, 4) is 17.6 Å². The lowest BCUT2D eigenvalue weighted by molar-refractivity contribution is -0.116. The molecule has 0 unspecified atom stereocenters. The molecule has 0 aliphatic rings. The van der Waals surface area contributed by atoms with Gasteiger partial charge in [-0.3, -0.25) is 4.79 Å². The van der Waals surface area contributed by atoms with Crippen LogP contribution in [0.15, 0.2) is 36.4 Å². The zero-order valence-corrected chi connectivity index (χ0v) is 14.3. The van der Waals surface area contributed by atoms with Crippen molar-refractivity contribution in [2.24, 2.45) is 0 Å². The molecule has 0 fully saturated rings. The third-order valence-corrected chi connectivity index (χ3v) is 3.61. The van der Waals surface area contributed by atoms with Crippen molar-refractivity contribution in [3.05, 3.63) is 52.8 Å². The van der Waals surface area contributed by atoms with Crippen molar-refractivity contribution in [1.29, 1.82) is 5.26 Å². The first-order chi connectivity index (χ1) is 12.0. The summed E-state index contributed by atoms with van der Waals surface area (Å²) in [7, 11) is 1.49. The number of nitriles is 1. The average molecular weight is 363 g/mol. The molecule has 7 heteroatoms.